The molecule has 2 rings (SSSR count). The number of phenolic OH excluding ortho intramolecular Hbond substituents is 1. The summed E-state index contributed by atoms with van der Waals surface area (Å²) in [4.78, 5) is 196. The van der Waals surface area contributed by atoms with Gasteiger partial charge in [-0.15, -0.1) is 0 Å². The molecule has 0 bridgehead atoms. The number of carboxylic acid groups (broad SMARTS) is 1. The lowest BCUT2D eigenvalue weighted by atomic mass is 9.98. The van der Waals surface area contributed by atoms with E-state index < -0.39 is 205 Å². The van der Waals surface area contributed by atoms with E-state index in [1.807, 2.05) is 0 Å². The molecule has 0 saturated heterocycles. The van der Waals surface area contributed by atoms with Crippen LogP contribution in [0, 0.1) is 50.2 Å². The van der Waals surface area contributed by atoms with E-state index in [2.05, 4.69) is 101 Å². The Morgan fingerprint density at radius 2 is 0.605 bits per heavy atom. The summed E-state index contributed by atoms with van der Waals surface area (Å²) in [6.45, 7) is 8.22. The minimum Gasteiger partial charge on any atom is -0.508 e. The number of nitrogens with two attached hydrogens (primary N) is 7. The fraction of sp³-hybridized carbons (Fsp3) is 0.579. The average Bonchev–Trinajstić information content (AvgIpc) is 0.847. The maximum atomic E-state index is 15.1. The zero-order valence-electron chi connectivity index (χ0n) is 70.9. The van der Waals surface area contributed by atoms with Crippen molar-refractivity contribution < 1.29 is 77.3 Å². The molecule has 124 heavy (non-hydrogen) atoms. The molecule has 0 aliphatic rings. The molecule has 13 amide bonds. The summed E-state index contributed by atoms with van der Waals surface area (Å²) < 4.78 is 0. The molecule has 2 aromatic rings. The maximum Gasteiger partial charge on any atom is 0.326 e. The van der Waals surface area contributed by atoms with E-state index in [-0.39, 0.29) is 153 Å². The zero-order valence-corrected chi connectivity index (χ0v) is 70.9. The normalized spacial score (nSPS) is 13.5. The number of carbonyl (C=O) groups is 14. The second kappa shape index (κ2) is 57.6. The van der Waals surface area contributed by atoms with E-state index in [1.165, 1.54) is 24.3 Å². The minimum absolute atomic E-state index is 0.000402. The topological polar surface area (TPSA) is 833 Å². The Labute approximate surface area is 719 Å². The van der Waals surface area contributed by atoms with Gasteiger partial charge in [0.25, 0.3) is 0 Å². The van der Waals surface area contributed by atoms with Gasteiger partial charge in [-0.2, -0.15) is 0 Å². The van der Waals surface area contributed by atoms with Gasteiger partial charge in [-0.3, -0.25) is 94.8 Å². The van der Waals surface area contributed by atoms with Gasteiger partial charge in [0, 0.05) is 52.1 Å². The van der Waals surface area contributed by atoms with Crippen molar-refractivity contribution in [1.82, 2.24) is 101 Å². The molecule has 11 atom stereocenters. The lowest BCUT2D eigenvalue weighted by Crippen LogP contribution is -2.61. The monoisotopic (exact) mass is 1750 g/mol. The number of rotatable bonds is 59. The van der Waals surface area contributed by atoms with Gasteiger partial charge in [-0.1, -0.05) is 84.0 Å². The highest BCUT2D eigenvalue weighted by atomic mass is 16.4. The predicted molar refractivity (Wildman–Crippen MR) is 460 cm³/mol. The van der Waals surface area contributed by atoms with Gasteiger partial charge in [-0.25, -0.2) is 4.79 Å². The molecule has 0 spiro atoms. The molecule has 0 aliphatic heterocycles. The van der Waals surface area contributed by atoms with Crippen LogP contribution in [0.4, 0.5) is 0 Å². The van der Waals surface area contributed by atoms with Gasteiger partial charge in [0.15, 0.2) is 35.8 Å². The number of benzene rings is 2. The Morgan fingerprint density at radius 1 is 0.315 bits per heavy atom. The van der Waals surface area contributed by atoms with Crippen LogP contribution in [0.2, 0.25) is 0 Å². The van der Waals surface area contributed by atoms with Gasteiger partial charge >= 0.3 is 5.97 Å². The van der Waals surface area contributed by atoms with Crippen LogP contribution in [-0.4, -0.2) is 254 Å². The van der Waals surface area contributed by atoms with Crippen molar-refractivity contribution in [3.05, 3.63) is 65.7 Å². The van der Waals surface area contributed by atoms with Crippen LogP contribution in [0.3, 0.4) is 0 Å². The summed E-state index contributed by atoms with van der Waals surface area (Å²) in [5, 5.41) is 114. The number of hydrogen-bond donors (Lipinski definition) is 34. The van der Waals surface area contributed by atoms with E-state index in [0.29, 0.717) is 17.5 Å². The fourth-order valence-electron chi connectivity index (χ4n) is 12.0. The fourth-order valence-corrected chi connectivity index (χ4v) is 12.0. The van der Waals surface area contributed by atoms with Crippen LogP contribution >= 0.6 is 0 Å². The minimum atomic E-state index is -1.62. The summed E-state index contributed by atoms with van der Waals surface area (Å²) in [5.74, 6) is -17.2. The molecule has 0 unspecified atom stereocenters. The number of aromatic hydroxyl groups is 1. The smallest absolute Gasteiger partial charge is 0.326 e. The third-order valence-corrected chi connectivity index (χ3v) is 18.5. The van der Waals surface area contributed by atoms with Crippen LogP contribution in [0.25, 0.3) is 0 Å². The lowest BCUT2D eigenvalue weighted by molar-refractivity contribution is -0.142. The van der Waals surface area contributed by atoms with Crippen LogP contribution in [0.15, 0.2) is 54.6 Å². The van der Waals surface area contributed by atoms with Crippen molar-refractivity contribution in [2.45, 2.75) is 204 Å². The van der Waals surface area contributed by atoms with Crippen molar-refractivity contribution in [3.63, 3.8) is 0 Å². The highest BCUT2D eigenvalue weighted by Gasteiger charge is 2.38. The largest absolute Gasteiger partial charge is 0.508 e. The molecule has 0 radical (unpaired) electrons. The van der Waals surface area contributed by atoms with Crippen LogP contribution in [0.5, 0.6) is 5.75 Å². The van der Waals surface area contributed by atoms with E-state index in [4.69, 9.17) is 72.6 Å². The zero-order chi connectivity index (χ0) is 93.1. The summed E-state index contributed by atoms with van der Waals surface area (Å²) >= 11 is 0. The first-order valence-corrected chi connectivity index (χ1v) is 40.6. The number of carboxylic acids is 1. The number of aliphatic carboxylic acids is 1. The molecule has 48 heteroatoms. The highest BCUT2D eigenvalue weighted by molar-refractivity contribution is 6.00. The molecule has 0 aliphatic carbocycles. The second-order valence-corrected chi connectivity index (χ2v) is 30.3. The Morgan fingerprint density at radius 3 is 0.984 bits per heavy atom. The van der Waals surface area contributed by atoms with E-state index >= 15 is 19.2 Å². The number of nitrogens with one attached hydrogen (secondary N) is 25. The number of carbonyl (C=O) groups excluding carboxylic acids is 13. The molecule has 48 nitrogen and oxygen atoms in total. The van der Waals surface area contributed by atoms with Gasteiger partial charge in [0.05, 0.1) is 25.7 Å². The van der Waals surface area contributed by atoms with Crippen molar-refractivity contribution in [2.24, 2.45) is 57.9 Å². The standard InChI is InChI=1S/C76H130N32O16/c1-40(2)34-52(104-61(114)47(19-11-29-91-72(80)81)99-56(111)38-96-55(110)37-97-60(113)46(77)18-10-28-90-71(78)79)65(118)106-53(36-44-24-26-45(109)27-25-44)66(119)103-49(21-13-31-93-74(84)85)63(116)101-48(20-12-30-92-73(82)83)62(115)102-50(22-14-32-94-75(86)87)64(117)105-54(35-43-16-8-7-9-17-43)67(120)107-59(42(5)6)69(122)108-58(41(3)4)68(121)98-39-57(112)100-51(70(123)124)23-15-33-95-76(88)89/h7-9,16-17,24-27,40-42,46-54,58-59,109H,10-15,18-23,28-39,77H2,1-6H3,(H,96,110)(H,97,113)(H,98,121)(H,99,111)(H,100,112)(H,101,116)(H,102,115)(H,103,119)(H,104,114)(H,105,117)(H,106,118)(H,107,120)(H,108,122)(H,123,124)(H4,78,79,90)(H4,80,81,91)(H4,82,83,92)(H4,84,85,93)(H4,86,87,94)(H4,88,89,95)/t46-,47-,48-,49-,50-,51-,52-,53-,54-,58-,59-/m0/s1. The first-order valence-electron chi connectivity index (χ1n) is 40.6. The quantitative estimate of drug-likeness (QED) is 0.0166. The SMILES string of the molecule is CC(C)C[C@H](NC(=O)[C@H](CCCNC(=N)N)NC(=O)CNC(=O)CNC(=O)[C@@H](N)CCCNC(=N)N)C(=O)N[C@@H](Cc1ccc(O)cc1)C(=O)N[C@@H](CCCNC(=N)N)C(=O)N[C@@H](CCCNC(=N)N)C(=O)N[C@@H](CCCNC(=N)N)C(=O)N[C@@H](Cc1ccccc1)C(=O)N[C@H](C(=O)N[C@H](C(=O)NCC(=O)N[C@@H](CCCNC(=N)N)C(=O)O)C(C)C)C(C)C. The Balaban J connectivity index is 2.67. The van der Waals surface area contributed by atoms with Gasteiger partial charge in [-0.05, 0) is 124 Å². The molecule has 690 valence electrons. The summed E-state index contributed by atoms with van der Waals surface area (Å²) in [7, 11) is 0. The van der Waals surface area contributed by atoms with Crippen molar-refractivity contribution >= 4 is 119 Å². The lowest BCUT2D eigenvalue weighted by Gasteiger charge is -2.29. The third-order valence-electron chi connectivity index (χ3n) is 18.5. The predicted octanol–water partition coefficient (Wildman–Crippen LogP) is -8.28. The van der Waals surface area contributed by atoms with Gasteiger partial charge in [0.2, 0.25) is 76.8 Å². The first kappa shape index (κ1) is 106. The Kier molecular flexibility index (Phi) is 49.5. The molecule has 0 fully saturated rings. The first-order chi connectivity index (χ1) is 58.5. The van der Waals surface area contributed by atoms with Crippen LogP contribution in [0.1, 0.15) is 136 Å². The summed E-state index contributed by atoms with van der Waals surface area (Å²) in [6.07, 6.45) is -0.659. The Hall–Kier alpha value is -13.6. The van der Waals surface area contributed by atoms with Crippen molar-refractivity contribution in [2.75, 3.05) is 58.9 Å². The average molecular weight is 1750 g/mol. The second-order valence-electron chi connectivity index (χ2n) is 30.3. The summed E-state index contributed by atoms with van der Waals surface area (Å²) in [5.41, 5.74) is 39.7. The molecule has 0 aromatic heterocycles. The number of guanidine groups is 6. The molecule has 2 aromatic carbocycles. The summed E-state index contributed by atoms with van der Waals surface area (Å²) in [6, 6.07) is -2.07. The van der Waals surface area contributed by atoms with E-state index in [9.17, 15) is 58.2 Å². The molecular formula is C76H130N32O16. The van der Waals surface area contributed by atoms with Crippen molar-refractivity contribution in [3.8, 4) is 5.75 Å². The molecular weight excluding hydrogens is 1620 g/mol. The van der Waals surface area contributed by atoms with Crippen molar-refractivity contribution in [1.29, 1.82) is 32.5 Å². The van der Waals surface area contributed by atoms with E-state index in [0.717, 1.165) is 0 Å². The van der Waals surface area contributed by atoms with Gasteiger partial charge in [0.1, 0.15) is 66.2 Å². The maximum absolute atomic E-state index is 15.1. The van der Waals surface area contributed by atoms with Crippen LogP contribution in [-0.2, 0) is 80.0 Å². The number of phenols is 1. The molecule has 0 saturated carbocycles. The van der Waals surface area contributed by atoms with Gasteiger partial charge < -0.3 is 151 Å². The molecule has 0 heterocycles. The van der Waals surface area contributed by atoms with Crippen LogP contribution < -0.4 is 141 Å². The Bertz CT molecular complexity index is 3910. The van der Waals surface area contributed by atoms with E-state index in [1.54, 1.807) is 71.9 Å². The third kappa shape index (κ3) is 45.7. The number of amides is 13. The molecule has 41 N–H and O–H groups in total. The number of hydrogen-bond acceptors (Lipinski definition) is 22. The highest BCUT2D eigenvalue weighted by Crippen LogP contribution is 2.16.